The fraction of sp³-hybridized carbons (Fsp3) is 0.615. The summed E-state index contributed by atoms with van der Waals surface area (Å²) in [6.45, 7) is 6.32. The number of allylic oxidation sites excluding steroid dienone is 22. The van der Waals surface area contributed by atoms with Crippen LogP contribution in [0.4, 0.5) is 0 Å². The minimum absolute atomic E-state index is 0.117. The van der Waals surface area contributed by atoms with E-state index in [1.54, 1.807) is 0 Å². The highest BCUT2D eigenvalue weighted by Gasteiger charge is 2.19. The van der Waals surface area contributed by atoms with Gasteiger partial charge in [-0.2, -0.15) is 0 Å². The molecule has 0 aromatic carbocycles. The van der Waals surface area contributed by atoms with Crippen LogP contribution in [0.1, 0.15) is 239 Å². The van der Waals surface area contributed by atoms with Gasteiger partial charge in [-0.3, -0.25) is 14.4 Å². The van der Waals surface area contributed by atoms with Gasteiger partial charge >= 0.3 is 17.9 Å². The third-order valence-electron chi connectivity index (χ3n) is 11.7. The molecule has 1 atom stereocenters. The number of hydrogen-bond acceptors (Lipinski definition) is 6. The second-order valence-electron chi connectivity index (χ2n) is 18.4. The van der Waals surface area contributed by atoms with Crippen LogP contribution in [0.15, 0.2) is 134 Å². The van der Waals surface area contributed by atoms with E-state index in [9.17, 15) is 14.4 Å². The lowest BCUT2D eigenvalue weighted by Crippen LogP contribution is -2.30. The Labute approximate surface area is 436 Å². The summed E-state index contributed by atoms with van der Waals surface area (Å²) < 4.78 is 16.8. The van der Waals surface area contributed by atoms with E-state index in [1.807, 2.05) is 12.2 Å². The first-order valence-electron chi connectivity index (χ1n) is 28.7. The van der Waals surface area contributed by atoms with Gasteiger partial charge in [0.15, 0.2) is 6.10 Å². The molecule has 0 rings (SSSR count). The predicted octanol–water partition coefficient (Wildman–Crippen LogP) is 19.4. The Hall–Kier alpha value is -4.45. The molecule has 0 radical (unpaired) electrons. The Morgan fingerprint density at radius 2 is 0.577 bits per heavy atom. The van der Waals surface area contributed by atoms with Crippen molar-refractivity contribution in [1.29, 1.82) is 0 Å². The van der Waals surface area contributed by atoms with Crippen molar-refractivity contribution in [3.8, 4) is 0 Å². The molecule has 0 heterocycles. The number of ether oxygens (including phenoxy) is 3. The molecule has 6 heteroatoms. The van der Waals surface area contributed by atoms with Crippen molar-refractivity contribution in [2.45, 2.75) is 245 Å². The maximum Gasteiger partial charge on any atom is 0.306 e. The molecule has 0 spiro atoms. The topological polar surface area (TPSA) is 78.9 Å². The fourth-order valence-electron chi connectivity index (χ4n) is 7.44. The van der Waals surface area contributed by atoms with E-state index < -0.39 is 6.10 Å². The lowest BCUT2D eigenvalue weighted by atomic mass is 10.0. The molecule has 0 aromatic rings. The number of carbonyl (C=O) groups excluding carboxylic acids is 3. The van der Waals surface area contributed by atoms with Gasteiger partial charge in [0.05, 0.1) is 0 Å². The average Bonchev–Trinajstić information content (AvgIpc) is 3.37. The lowest BCUT2D eigenvalue weighted by molar-refractivity contribution is -0.166. The van der Waals surface area contributed by atoms with Crippen molar-refractivity contribution in [1.82, 2.24) is 0 Å². The van der Waals surface area contributed by atoms with Crippen LogP contribution in [0.3, 0.4) is 0 Å². The van der Waals surface area contributed by atoms with Crippen molar-refractivity contribution in [2.75, 3.05) is 13.2 Å². The van der Waals surface area contributed by atoms with Crippen LogP contribution in [0.25, 0.3) is 0 Å². The van der Waals surface area contributed by atoms with Gasteiger partial charge in [-0.25, -0.2) is 0 Å². The summed E-state index contributed by atoms with van der Waals surface area (Å²) >= 11 is 0. The smallest absolute Gasteiger partial charge is 0.306 e. The molecule has 0 bridgehead atoms. The van der Waals surface area contributed by atoms with Gasteiger partial charge in [0.2, 0.25) is 0 Å². The maximum absolute atomic E-state index is 12.9. The highest BCUT2D eigenvalue weighted by atomic mass is 16.6. The van der Waals surface area contributed by atoms with Crippen LogP contribution in [0.5, 0.6) is 0 Å². The third kappa shape index (κ3) is 56.3. The van der Waals surface area contributed by atoms with E-state index in [0.717, 1.165) is 109 Å². The molecular formula is C65H104O6. The minimum Gasteiger partial charge on any atom is -0.462 e. The highest BCUT2D eigenvalue weighted by molar-refractivity contribution is 5.71. The van der Waals surface area contributed by atoms with Gasteiger partial charge in [0, 0.05) is 19.3 Å². The van der Waals surface area contributed by atoms with Gasteiger partial charge < -0.3 is 14.2 Å². The summed E-state index contributed by atoms with van der Waals surface area (Å²) in [4.78, 5) is 38.1. The Morgan fingerprint density at radius 1 is 0.296 bits per heavy atom. The average molecular weight is 982 g/mol. The molecule has 0 N–H and O–H groups in total. The van der Waals surface area contributed by atoms with Crippen LogP contribution in [-0.4, -0.2) is 37.2 Å². The molecular weight excluding hydrogens is 877 g/mol. The first-order chi connectivity index (χ1) is 35.0. The Bertz CT molecular complexity index is 1550. The quantitative estimate of drug-likeness (QED) is 0.0262. The van der Waals surface area contributed by atoms with Crippen LogP contribution < -0.4 is 0 Å². The molecule has 0 amide bonds. The number of hydrogen-bond donors (Lipinski definition) is 0. The zero-order valence-corrected chi connectivity index (χ0v) is 45.7. The number of esters is 3. The fourth-order valence-corrected chi connectivity index (χ4v) is 7.44. The van der Waals surface area contributed by atoms with E-state index in [1.165, 1.54) is 77.0 Å². The van der Waals surface area contributed by atoms with Crippen LogP contribution >= 0.6 is 0 Å². The maximum atomic E-state index is 12.9. The molecule has 0 aliphatic rings. The van der Waals surface area contributed by atoms with E-state index in [2.05, 4.69) is 142 Å². The predicted molar refractivity (Wildman–Crippen MR) is 306 cm³/mol. The van der Waals surface area contributed by atoms with Gasteiger partial charge in [-0.1, -0.05) is 251 Å². The standard InChI is InChI=1S/C65H104O6/c1-4-7-10-13-16-19-22-25-28-30-32-34-37-40-43-46-49-52-55-58-64(67)70-61-62(60-69-63(66)57-54-51-48-45-42-39-36-27-24-21-18-15-12-9-6-3)71-65(68)59-56-53-50-47-44-41-38-35-33-31-29-26-23-20-17-14-11-8-5-2/h7-8,10-11,16-17,19-20,25-26,28-29,32-35,40-41,43-44,49,52,62H,4-6,9,12-15,18,21-24,27,30-31,36-39,42,45-48,50-51,53-61H2,1-3H3/b10-7-,11-8-,19-16-,20-17-,28-25-,29-26-,34-32-,35-33-,43-40-,44-41-,52-49-/t62-/m1/s1. The van der Waals surface area contributed by atoms with Crippen molar-refractivity contribution in [2.24, 2.45) is 0 Å². The Morgan fingerprint density at radius 3 is 0.944 bits per heavy atom. The van der Waals surface area contributed by atoms with Crippen molar-refractivity contribution >= 4 is 17.9 Å². The van der Waals surface area contributed by atoms with Gasteiger partial charge in [-0.15, -0.1) is 0 Å². The van der Waals surface area contributed by atoms with Crippen molar-refractivity contribution in [3.05, 3.63) is 134 Å². The van der Waals surface area contributed by atoms with Crippen LogP contribution in [0.2, 0.25) is 0 Å². The van der Waals surface area contributed by atoms with Gasteiger partial charge in [0.25, 0.3) is 0 Å². The largest absolute Gasteiger partial charge is 0.462 e. The monoisotopic (exact) mass is 981 g/mol. The first-order valence-corrected chi connectivity index (χ1v) is 28.7. The summed E-state index contributed by atoms with van der Waals surface area (Å²) in [7, 11) is 0. The molecule has 0 aliphatic heterocycles. The third-order valence-corrected chi connectivity index (χ3v) is 11.7. The second kappa shape index (κ2) is 58.1. The summed E-state index contributed by atoms with van der Waals surface area (Å²) in [6.07, 6.45) is 81.6. The van der Waals surface area contributed by atoms with Crippen molar-refractivity contribution < 1.29 is 28.6 Å². The molecule has 6 nitrogen and oxygen atoms in total. The summed E-state index contributed by atoms with van der Waals surface area (Å²) in [5, 5.41) is 0. The molecule has 400 valence electrons. The highest BCUT2D eigenvalue weighted by Crippen LogP contribution is 2.15. The van der Waals surface area contributed by atoms with E-state index in [-0.39, 0.29) is 44.0 Å². The number of unbranched alkanes of at least 4 members (excludes halogenated alkanes) is 17. The minimum atomic E-state index is -0.830. The molecule has 71 heavy (non-hydrogen) atoms. The first kappa shape index (κ1) is 66.6. The Kier molecular flexibility index (Phi) is 54.5. The summed E-state index contributed by atoms with van der Waals surface area (Å²) in [5.74, 6) is -1.04. The molecule has 0 aliphatic carbocycles. The van der Waals surface area contributed by atoms with Crippen molar-refractivity contribution in [3.63, 3.8) is 0 Å². The normalized spacial score (nSPS) is 13.1. The lowest BCUT2D eigenvalue weighted by Gasteiger charge is -2.18. The van der Waals surface area contributed by atoms with Crippen LogP contribution in [-0.2, 0) is 28.6 Å². The van der Waals surface area contributed by atoms with E-state index in [0.29, 0.717) is 19.3 Å². The van der Waals surface area contributed by atoms with E-state index >= 15 is 0 Å². The second-order valence-corrected chi connectivity index (χ2v) is 18.4. The molecule has 0 saturated carbocycles. The Balaban J connectivity index is 4.58. The molecule has 0 unspecified atom stereocenters. The van der Waals surface area contributed by atoms with E-state index in [4.69, 9.17) is 14.2 Å². The van der Waals surface area contributed by atoms with Gasteiger partial charge in [0.1, 0.15) is 13.2 Å². The molecule has 0 aromatic heterocycles. The molecule has 0 saturated heterocycles. The summed E-state index contributed by atoms with van der Waals surface area (Å²) in [6, 6.07) is 0. The molecule has 0 fully saturated rings. The number of carbonyl (C=O) groups is 3. The zero-order valence-electron chi connectivity index (χ0n) is 45.7. The van der Waals surface area contributed by atoms with Crippen LogP contribution in [0, 0.1) is 0 Å². The SMILES string of the molecule is CC/C=C\C/C=C\C/C=C\C/C=C\C/C=C\C/C=C\CCC(=O)OC[C@@H](COC(=O)CCCCCCCCCCCCCCCCC)OC(=O)CCCCC/C=C\C/C=C\C/C=C\C/C=C\C/C=C\CC. The summed E-state index contributed by atoms with van der Waals surface area (Å²) in [5.41, 5.74) is 0. The number of rotatable bonds is 50. The van der Waals surface area contributed by atoms with Gasteiger partial charge in [-0.05, 0) is 103 Å². The zero-order chi connectivity index (χ0) is 51.4.